The van der Waals surface area contributed by atoms with Crippen LogP contribution in [0.2, 0.25) is 0 Å². The molecular weight excluding hydrogens is 488 g/mol. The van der Waals surface area contributed by atoms with Crippen molar-refractivity contribution in [1.29, 1.82) is 0 Å². The molecule has 0 rings (SSSR count). The molecule has 0 aliphatic rings. The lowest BCUT2D eigenvalue weighted by molar-refractivity contribution is -0.526. The van der Waals surface area contributed by atoms with E-state index in [0.717, 1.165) is 0 Å². The Hall–Kier alpha value is -1.40. The van der Waals surface area contributed by atoms with E-state index in [9.17, 15) is 87.8 Å². The summed E-state index contributed by atoms with van der Waals surface area (Å²) in [4.78, 5) is 0. The number of rotatable bonds is 3. The molecule has 0 aromatic carbocycles. The number of alkyl halides is 20. The van der Waals surface area contributed by atoms with Crippen LogP contribution in [0.25, 0.3) is 0 Å². The van der Waals surface area contributed by atoms with Crippen molar-refractivity contribution in [3.05, 3.63) is 0 Å². The molecule has 0 aromatic rings. The van der Waals surface area contributed by atoms with Crippen molar-refractivity contribution in [3.8, 4) is 0 Å². The Bertz CT molecular complexity index is 554. The molecule has 29 heavy (non-hydrogen) atoms. The Morgan fingerprint density at radius 3 is 0.621 bits per heavy atom. The third-order valence-electron chi connectivity index (χ3n) is 3.37. The zero-order valence-corrected chi connectivity index (χ0v) is 12.1. The van der Waals surface area contributed by atoms with Gasteiger partial charge in [-0.25, -0.2) is 4.39 Å². The SMILES string of the molecule is FC(F)(F)C(F)(F)C(F)(F)C(F)(C(F)(F)F)C(C(F)(F)F)(C(F)(F)F)C(F)(F)F. The Labute approximate surface area is 143 Å². The molecule has 1 unspecified atom stereocenters. The molecular formula is C9F20. The van der Waals surface area contributed by atoms with Gasteiger partial charge in [-0.3, -0.25) is 0 Å². The largest absolute Gasteiger partial charge is 0.460 e. The lowest BCUT2D eigenvalue weighted by Gasteiger charge is -2.51. The van der Waals surface area contributed by atoms with Gasteiger partial charge in [0, 0.05) is 0 Å². The van der Waals surface area contributed by atoms with Crippen LogP contribution in [0, 0.1) is 5.41 Å². The van der Waals surface area contributed by atoms with Crippen LogP contribution in [0.15, 0.2) is 0 Å². The van der Waals surface area contributed by atoms with Crippen LogP contribution >= 0.6 is 0 Å². The summed E-state index contributed by atoms with van der Waals surface area (Å²) in [6, 6.07) is 0. The lowest BCUT2D eigenvalue weighted by atomic mass is 9.65. The number of hydrogen-bond donors (Lipinski definition) is 0. The molecule has 20 heteroatoms. The van der Waals surface area contributed by atoms with Crippen molar-refractivity contribution in [2.75, 3.05) is 0 Å². The first-order valence-electron chi connectivity index (χ1n) is 5.78. The van der Waals surface area contributed by atoms with Crippen LogP contribution in [0.1, 0.15) is 0 Å². The fourth-order valence-electron chi connectivity index (χ4n) is 2.09. The predicted molar refractivity (Wildman–Crippen MR) is 46.4 cm³/mol. The minimum atomic E-state index is -9.64. The van der Waals surface area contributed by atoms with Gasteiger partial charge in [0.2, 0.25) is 0 Å². The van der Waals surface area contributed by atoms with Crippen LogP contribution in [-0.4, -0.2) is 48.4 Å². The smallest absolute Gasteiger partial charge is 0.225 e. The number of hydrogen-bond acceptors (Lipinski definition) is 0. The fourth-order valence-corrected chi connectivity index (χ4v) is 2.09. The van der Waals surface area contributed by atoms with E-state index < -0.39 is 53.8 Å². The molecule has 0 aromatic heterocycles. The first kappa shape index (κ1) is 27.6. The van der Waals surface area contributed by atoms with Gasteiger partial charge < -0.3 is 0 Å². The van der Waals surface area contributed by atoms with Gasteiger partial charge in [-0.15, -0.1) is 0 Å². The Kier molecular flexibility index (Phi) is 6.00. The molecule has 0 fully saturated rings. The van der Waals surface area contributed by atoms with Gasteiger partial charge in [0.25, 0.3) is 0 Å². The van der Waals surface area contributed by atoms with E-state index in [-0.39, 0.29) is 0 Å². The van der Waals surface area contributed by atoms with Crippen molar-refractivity contribution in [1.82, 2.24) is 0 Å². The third-order valence-corrected chi connectivity index (χ3v) is 3.37. The molecule has 0 radical (unpaired) electrons. The summed E-state index contributed by atoms with van der Waals surface area (Å²) >= 11 is 0. The summed E-state index contributed by atoms with van der Waals surface area (Å²) in [7, 11) is 0. The van der Waals surface area contributed by atoms with E-state index in [1.165, 1.54) is 0 Å². The minimum Gasteiger partial charge on any atom is -0.225 e. The Morgan fingerprint density at radius 2 is 0.483 bits per heavy atom. The van der Waals surface area contributed by atoms with E-state index in [0.29, 0.717) is 0 Å². The quantitative estimate of drug-likeness (QED) is 0.386. The molecule has 0 heterocycles. The highest BCUT2D eigenvalue weighted by atomic mass is 19.4. The topological polar surface area (TPSA) is 0 Å². The summed E-state index contributed by atoms with van der Waals surface area (Å²) in [5.74, 6) is -18.1. The lowest BCUT2D eigenvalue weighted by Crippen LogP contribution is -2.82. The van der Waals surface area contributed by atoms with Crippen LogP contribution in [0.5, 0.6) is 0 Å². The van der Waals surface area contributed by atoms with Gasteiger partial charge in [0.05, 0.1) is 0 Å². The van der Waals surface area contributed by atoms with Gasteiger partial charge in [-0.05, 0) is 0 Å². The van der Waals surface area contributed by atoms with E-state index in [2.05, 4.69) is 0 Å². The molecule has 0 saturated carbocycles. The van der Waals surface area contributed by atoms with Crippen molar-refractivity contribution in [2.24, 2.45) is 5.41 Å². The van der Waals surface area contributed by atoms with Gasteiger partial charge >= 0.3 is 53.8 Å². The molecule has 0 amide bonds. The molecule has 0 aliphatic carbocycles. The predicted octanol–water partition coefficient (Wildman–Crippen LogP) is 6.76. The highest BCUT2D eigenvalue weighted by Gasteiger charge is 3.05. The van der Waals surface area contributed by atoms with E-state index >= 15 is 0 Å². The summed E-state index contributed by atoms with van der Waals surface area (Å²) in [5.41, 5.74) is -19.1. The summed E-state index contributed by atoms with van der Waals surface area (Å²) in [6.45, 7) is 0. The van der Waals surface area contributed by atoms with E-state index in [1.807, 2.05) is 0 Å². The molecule has 0 spiro atoms. The van der Waals surface area contributed by atoms with Crippen LogP contribution in [0.4, 0.5) is 87.8 Å². The maximum Gasteiger partial charge on any atom is 0.460 e. The van der Waals surface area contributed by atoms with Gasteiger partial charge in [-0.2, -0.15) is 83.4 Å². The minimum absolute atomic E-state index is 8.23. The van der Waals surface area contributed by atoms with Crippen molar-refractivity contribution >= 4 is 0 Å². The fraction of sp³-hybridized carbons (Fsp3) is 1.00. The Balaban J connectivity index is 8.04. The van der Waals surface area contributed by atoms with Gasteiger partial charge in [-0.1, -0.05) is 0 Å². The van der Waals surface area contributed by atoms with Crippen molar-refractivity contribution in [2.45, 2.75) is 48.4 Å². The highest BCUT2D eigenvalue weighted by Crippen LogP contribution is 2.74. The average Bonchev–Trinajstić information content (AvgIpc) is 2.29. The number of halogens is 20. The summed E-state index contributed by atoms with van der Waals surface area (Å²) < 4.78 is 252. The summed E-state index contributed by atoms with van der Waals surface area (Å²) in [5, 5.41) is 0. The van der Waals surface area contributed by atoms with Gasteiger partial charge in [0.1, 0.15) is 0 Å². The van der Waals surface area contributed by atoms with Crippen LogP contribution in [-0.2, 0) is 0 Å². The second-order valence-electron chi connectivity index (χ2n) is 5.05. The van der Waals surface area contributed by atoms with Crippen LogP contribution in [0.3, 0.4) is 0 Å². The molecule has 0 bridgehead atoms. The second-order valence-corrected chi connectivity index (χ2v) is 5.05. The average molecular weight is 488 g/mol. The Morgan fingerprint density at radius 1 is 0.241 bits per heavy atom. The van der Waals surface area contributed by atoms with Crippen LogP contribution < -0.4 is 0 Å². The molecule has 0 aliphatic heterocycles. The molecule has 0 saturated heterocycles. The molecule has 1 atom stereocenters. The van der Waals surface area contributed by atoms with Crippen molar-refractivity contribution in [3.63, 3.8) is 0 Å². The normalized spacial score (nSPS) is 18.6. The zero-order chi connectivity index (χ0) is 24.5. The first-order chi connectivity index (χ1) is 12.0. The van der Waals surface area contributed by atoms with Crippen molar-refractivity contribution < 1.29 is 87.8 Å². The molecule has 0 nitrogen and oxygen atoms in total. The zero-order valence-electron chi connectivity index (χ0n) is 12.1. The monoisotopic (exact) mass is 488 g/mol. The first-order valence-corrected chi connectivity index (χ1v) is 5.78. The van der Waals surface area contributed by atoms with E-state index in [1.54, 1.807) is 0 Å². The third kappa shape index (κ3) is 3.23. The second kappa shape index (κ2) is 6.30. The van der Waals surface area contributed by atoms with E-state index in [4.69, 9.17) is 0 Å². The molecule has 176 valence electrons. The standard InChI is InChI=1S/C9F20/c10-2(8(24,25)26,3(11,12)4(13,14)9(27,28)29)1(5(15,16)17,6(18,19)20)7(21,22)23. The molecule has 0 N–H and O–H groups in total. The maximum atomic E-state index is 13.9. The highest BCUT2D eigenvalue weighted by molar-refractivity contribution is 5.24. The maximum absolute atomic E-state index is 13.9. The van der Waals surface area contributed by atoms with Gasteiger partial charge in [0.15, 0.2) is 0 Å². The summed E-state index contributed by atoms with van der Waals surface area (Å²) in [6.07, 6.45) is -43.9.